The fourth-order valence-corrected chi connectivity index (χ4v) is 2.21. The van der Waals surface area contributed by atoms with Gasteiger partial charge in [0.05, 0.1) is 13.7 Å². The van der Waals surface area contributed by atoms with Crippen LogP contribution in [0.4, 0.5) is 5.69 Å². The standard InChI is InChI=1S/C19H22N2O4/c1-3-25-17-6-4-5-15(13-17)21-19(23)18(22)20-12-11-14-7-9-16(24-2)10-8-14/h4-10,13H,3,11-12H2,1-2H3,(H,20,22)(H,21,23). The number of methoxy groups -OCH3 is 1. The number of benzene rings is 2. The van der Waals surface area contributed by atoms with Crippen molar-refractivity contribution in [1.82, 2.24) is 5.32 Å². The molecule has 0 heterocycles. The lowest BCUT2D eigenvalue weighted by molar-refractivity contribution is -0.136. The largest absolute Gasteiger partial charge is 0.497 e. The molecule has 2 aromatic carbocycles. The lowest BCUT2D eigenvalue weighted by Crippen LogP contribution is -2.36. The third kappa shape index (κ3) is 5.84. The van der Waals surface area contributed by atoms with Crippen LogP contribution < -0.4 is 20.1 Å². The molecule has 0 aliphatic rings. The van der Waals surface area contributed by atoms with Crippen LogP contribution in [-0.2, 0) is 16.0 Å². The van der Waals surface area contributed by atoms with E-state index >= 15 is 0 Å². The highest BCUT2D eigenvalue weighted by atomic mass is 16.5. The maximum atomic E-state index is 11.9. The van der Waals surface area contributed by atoms with Gasteiger partial charge in [0.1, 0.15) is 11.5 Å². The van der Waals surface area contributed by atoms with Crippen LogP contribution in [-0.4, -0.2) is 32.1 Å². The van der Waals surface area contributed by atoms with Gasteiger partial charge in [-0.05, 0) is 43.2 Å². The predicted octanol–water partition coefficient (Wildman–Crippen LogP) is 2.39. The first-order valence-electron chi connectivity index (χ1n) is 8.07. The second-order valence-electron chi connectivity index (χ2n) is 5.27. The van der Waals surface area contributed by atoms with Gasteiger partial charge in [-0.15, -0.1) is 0 Å². The average molecular weight is 342 g/mol. The Morgan fingerprint density at radius 3 is 2.44 bits per heavy atom. The van der Waals surface area contributed by atoms with Crippen molar-refractivity contribution in [2.75, 3.05) is 25.6 Å². The Morgan fingerprint density at radius 1 is 1.00 bits per heavy atom. The average Bonchev–Trinajstić information content (AvgIpc) is 2.62. The highest BCUT2D eigenvalue weighted by Crippen LogP contribution is 2.17. The van der Waals surface area contributed by atoms with Gasteiger partial charge >= 0.3 is 11.8 Å². The maximum Gasteiger partial charge on any atom is 0.313 e. The molecular weight excluding hydrogens is 320 g/mol. The molecule has 0 unspecified atom stereocenters. The number of carbonyl (C=O) groups is 2. The molecule has 6 heteroatoms. The summed E-state index contributed by atoms with van der Waals surface area (Å²) < 4.78 is 10.5. The zero-order valence-corrected chi connectivity index (χ0v) is 14.4. The summed E-state index contributed by atoms with van der Waals surface area (Å²) in [5.74, 6) is 0.0420. The highest BCUT2D eigenvalue weighted by molar-refractivity contribution is 6.39. The van der Waals surface area contributed by atoms with Gasteiger partial charge in [0, 0.05) is 18.3 Å². The Morgan fingerprint density at radius 2 is 1.76 bits per heavy atom. The van der Waals surface area contributed by atoms with Gasteiger partial charge in [-0.2, -0.15) is 0 Å². The molecule has 0 spiro atoms. The predicted molar refractivity (Wildman–Crippen MR) is 95.9 cm³/mol. The van der Waals surface area contributed by atoms with Crippen molar-refractivity contribution in [1.29, 1.82) is 0 Å². The van der Waals surface area contributed by atoms with Gasteiger partial charge in [0.2, 0.25) is 0 Å². The van der Waals surface area contributed by atoms with Crippen molar-refractivity contribution >= 4 is 17.5 Å². The number of ether oxygens (including phenoxy) is 2. The van der Waals surface area contributed by atoms with Gasteiger partial charge < -0.3 is 20.1 Å². The Hall–Kier alpha value is -3.02. The number of anilines is 1. The number of rotatable bonds is 7. The Balaban J connectivity index is 1.79. The number of nitrogens with one attached hydrogen (secondary N) is 2. The molecule has 0 aliphatic carbocycles. The molecule has 2 N–H and O–H groups in total. The second kappa shape index (κ2) is 9.32. The first kappa shape index (κ1) is 18.3. The second-order valence-corrected chi connectivity index (χ2v) is 5.27. The van der Waals surface area contributed by atoms with Crippen molar-refractivity contribution in [3.63, 3.8) is 0 Å². The Labute approximate surface area is 147 Å². The molecule has 0 saturated carbocycles. The summed E-state index contributed by atoms with van der Waals surface area (Å²) >= 11 is 0. The van der Waals surface area contributed by atoms with Crippen LogP contribution in [0, 0.1) is 0 Å². The first-order chi connectivity index (χ1) is 12.1. The Kier molecular flexibility index (Phi) is 6.83. The van der Waals surface area contributed by atoms with Crippen molar-refractivity contribution in [2.24, 2.45) is 0 Å². The summed E-state index contributed by atoms with van der Waals surface area (Å²) in [6, 6.07) is 14.5. The van der Waals surface area contributed by atoms with Crippen LogP contribution in [0.5, 0.6) is 11.5 Å². The number of hydrogen-bond donors (Lipinski definition) is 2. The topological polar surface area (TPSA) is 76.7 Å². The molecule has 6 nitrogen and oxygen atoms in total. The molecule has 25 heavy (non-hydrogen) atoms. The molecule has 2 amide bonds. The van der Waals surface area contributed by atoms with E-state index in [0.717, 1.165) is 11.3 Å². The van der Waals surface area contributed by atoms with Crippen molar-refractivity contribution in [2.45, 2.75) is 13.3 Å². The minimum absolute atomic E-state index is 0.373. The molecule has 132 valence electrons. The van der Waals surface area contributed by atoms with E-state index in [1.54, 1.807) is 31.4 Å². The van der Waals surface area contributed by atoms with Crippen LogP contribution in [0.3, 0.4) is 0 Å². The lowest BCUT2D eigenvalue weighted by atomic mass is 10.1. The summed E-state index contributed by atoms with van der Waals surface area (Å²) in [5.41, 5.74) is 1.56. The summed E-state index contributed by atoms with van der Waals surface area (Å²) in [6.45, 7) is 2.78. The van der Waals surface area contributed by atoms with E-state index in [0.29, 0.717) is 31.0 Å². The van der Waals surface area contributed by atoms with Crippen LogP contribution in [0.15, 0.2) is 48.5 Å². The number of amides is 2. The lowest BCUT2D eigenvalue weighted by Gasteiger charge is -2.09. The van der Waals surface area contributed by atoms with Gasteiger partial charge in [0.15, 0.2) is 0 Å². The molecule has 2 aromatic rings. The number of carbonyl (C=O) groups excluding carboxylic acids is 2. The molecule has 2 rings (SSSR count). The molecule has 0 aliphatic heterocycles. The smallest absolute Gasteiger partial charge is 0.313 e. The summed E-state index contributed by atoms with van der Waals surface area (Å²) in [6.07, 6.45) is 0.628. The van der Waals surface area contributed by atoms with E-state index in [9.17, 15) is 9.59 Å². The van der Waals surface area contributed by atoms with E-state index in [1.165, 1.54) is 0 Å². The van der Waals surface area contributed by atoms with Crippen LogP contribution >= 0.6 is 0 Å². The van der Waals surface area contributed by atoms with Gasteiger partial charge in [-0.1, -0.05) is 18.2 Å². The quantitative estimate of drug-likeness (QED) is 0.758. The molecular formula is C19H22N2O4. The summed E-state index contributed by atoms with van der Waals surface area (Å²) in [7, 11) is 1.61. The van der Waals surface area contributed by atoms with Crippen molar-refractivity contribution < 1.29 is 19.1 Å². The molecule has 0 atom stereocenters. The van der Waals surface area contributed by atoms with Crippen LogP contribution in [0.2, 0.25) is 0 Å². The van der Waals surface area contributed by atoms with Gasteiger partial charge in [-0.25, -0.2) is 0 Å². The van der Waals surface area contributed by atoms with E-state index in [4.69, 9.17) is 9.47 Å². The van der Waals surface area contributed by atoms with E-state index < -0.39 is 11.8 Å². The molecule has 0 aromatic heterocycles. The fourth-order valence-electron chi connectivity index (χ4n) is 2.21. The van der Waals surface area contributed by atoms with Gasteiger partial charge in [-0.3, -0.25) is 9.59 Å². The van der Waals surface area contributed by atoms with Crippen LogP contribution in [0.25, 0.3) is 0 Å². The minimum Gasteiger partial charge on any atom is -0.497 e. The first-order valence-corrected chi connectivity index (χ1v) is 8.07. The molecule has 0 bridgehead atoms. The zero-order valence-electron chi connectivity index (χ0n) is 14.4. The van der Waals surface area contributed by atoms with Gasteiger partial charge in [0.25, 0.3) is 0 Å². The summed E-state index contributed by atoms with van der Waals surface area (Å²) in [4.78, 5) is 23.8. The Bertz CT molecular complexity index is 714. The van der Waals surface area contributed by atoms with E-state index in [-0.39, 0.29) is 0 Å². The number of hydrogen-bond acceptors (Lipinski definition) is 4. The van der Waals surface area contributed by atoms with E-state index in [2.05, 4.69) is 10.6 Å². The fraction of sp³-hybridized carbons (Fsp3) is 0.263. The molecule has 0 radical (unpaired) electrons. The molecule has 0 saturated heterocycles. The highest BCUT2D eigenvalue weighted by Gasteiger charge is 2.13. The molecule has 0 fully saturated rings. The van der Waals surface area contributed by atoms with Crippen molar-refractivity contribution in [3.05, 3.63) is 54.1 Å². The van der Waals surface area contributed by atoms with Crippen LogP contribution in [0.1, 0.15) is 12.5 Å². The normalized spacial score (nSPS) is 10.0. The van der Waals surface area contributed by atoms with Crippen molar-refractivity contribution in [3.8, 4) is 11.5 Å². The third-order valence-corrected chi connectivity index (χ3v) is 3.47. The SMILES string of the molecule is CCOc1cccc(NC(=O)C(=O)NCCc2ccc(OC)cc2)c1. The monoisotopic (exact) mass is 342 g/mol. The third-order valence-electron chi connectivity index (χ3n) is 3.47. The van der Waals surface area contributed by atoms with E-state index in [1.807, 2.05) is 31.2 Å². The maximum absolute atomic E-state index is 11.9. The minimum atomic E-state index is -0.705. The zero-order chi connectivity index (χ0) is 18.1. The summed E-state index contributed by atoms with van der Waals surface area (Å²) in [5, 5.41) is 5.16.